The monoisotopic (exact) mass is 350 g/mol. The van der Waals surface area contributed by atoms with Crippen LogP contribution >= 0.6 is 22.6 Å². The van der Waals surface area contributed by atoms with Crippen molar-refractivity contribution in [2.45, 2.75) is 0 Å². The first-order valence-corrected chi connectivity index (χ1v) is 6.26. The van der Waals surface area contributed by atoms with Gasteiger partial charge in [-0.15, -0.1) is 0 Å². The Morgan fingerprint density at radius 3 is 3.00 bits per heavy atom. The van der Waals surface area contributed by atoms with E-state index in [9.17, 15) is 4.79 Å². The van der Waals surface area contributed by atoms with Gasteiger partial charge in [-0.2, -0.15) is 0 Å². The van der Waals surface area contributed by atoms with E-state index >= 15 is 0 Å². The van der Waals surface area contributed by atoms with E-state index in [4.69, 9.17) is 0 Å². The lowest BCUT2D eigenvalue weighted by Crippen LogP contribution is -1.98. The van der Waals surface area contributed by atoms with Crippen molar-refractivity contribution in [2.75, 3.05) is 0 Å². The van der Waals surface area contributed by atoms with Crippen molar-refractivity contribution in [1.29, 1.82) is 0 Å². The SMILES string of the molecule is O=Cc1ncc(I)c(-c2ccc3nccn3c2)n1. The highest BCUT2D eigenvalue weighted by Crippen LogP contribution is 2.22. The van der Waals surface area contributed by atoms with Crippen LogP contribution in [0, 0.1) is 3.57 Å². The fourth-order valence-electron chi connectivity index (χ4n) is 1.70. The van der Waals surface area contributed by atoms with Crippen LogP contribution in [0.15, 0.2) is 36.9 Å². The van der Waals surface area contributed by atoms with Gasteiger partial charge < -0.3 is 4.40 Å². The van der Waals surface area contributed by atoms with E-state index in [1.165, 1.54) is 0 Å². The Labute approximate surface area is 116 Å². The predicted molar refractivity (Wildman–Crippen MR) is 74.3 cm³/mol. The third-order valence-corrected chi connectivity index (χ3v) is 3.32. The largest absolute Gasteiger partial charge is 0.306 e. The van der Waals surface area contributed by atoms with Crippen molar-refractivity contribution in [3.63, 3.8) is 0 Å². The van der Waals surface area contributed by atoms with Gasteiger partial charge in [-0.05, 0) is 34.7 Å². The van der Waals surface area contributed by atoms with Gasteiger partial charge in [0.15, 0.2) is 12.1 Å². The Hall–Kier alpha value is -1.83. The molecule has 0 aliphatic carbocycles. The maximum atomic E-state index is 10.7. The number of aldehydes is 1. The van der Waals surface area contributed by atoms with Crippen LogP contribution in [-0.2, 0) is 0 Å². The van der Waals surface area contributed by atoms with Crippen molar-refractivity contribution < 1.29 is 4.79 Å². The summed E-state index contributed by atoms with van der Waals surface area (Å²) < 4.78 is 2.81. The third-order valence-electron chi connectivity index (χ3n) is 2.53. The Bertz CT molecular complexity index is 738. The van der Waals surface area contributed by atoms with Crippen LogP contribution in [0.2, 0.25) is 0 Å². The van der Waals surface area contributed by atoms with Crippen LogP contribution < -0.4 is 0 Å². The van der Waals surface area contributed by atoms with Crippen LogP contribution in [0.3, 0.4) is 0 Å². The Morgan fingerprint density at radius 1 is 1.28 bits per heavy atom. The molecule has 0 unspecified atom stereocenters. The summed E-state index contributed by atoms with van der Waals surface area (Å²) >= 11 is 2.15. The van der Waals surface area contributed by atoms with Crippen molar-refractivity contribution in [3.8, 4) is 11.3 Å². The second-order valence-corrected chi connectivity index (χ2v) is 4.82. The highest BCUT2D eigenvalue weighted by Gasteiger charge is 2.08. The van der Waals surface area contributed by atoms with E-state index in [1.807, 2.05) is 28.9 Å². The molecular formula is C12H7IN4O. The minimum Gasteiger partial charge on any atom is -0.306 e. The number of carbonyl (C=O) groups excluding carboxylic acids is 1. The molecule has 88 valence electrons. The maximum absolute atomic E-state index is 10.7. The number of pyridine rings is 1. The normalized spacial score (nSPS) is 10.7. The summed E-state index contributed by atoms with van der Waals surface area (Å²) in [5.74, 6) is 0.191. The Balaban J connectivity index is 2.21. The Kier molecular flexibility index (Phi) is 2.78. The van der Waals surface area contributed by atoms with Crippen molar-refractivity contribution in [1.82, 2.24) is 19.4 Å². The molecule has 18 heavy (non-hydrogen) atoms. The van der Waals surface area contributed by atoms with E-state index in [0.717, 1.165) is 20.5 Å². The van der Waals surface area contributed by atoms with Gasteiger partial charge in [-0.3, -0.25) is 4.79 Å². The topological polar surface area (TPSA) is 60.2 Å². The second-order valence-electron chi connectivity index (χ2n) is 3.65. The number of hydrogen-bond donors (Lipinski definition) is 0. The fraction of sp³-hybridized carbons (Fsp3) is 0. The van der Waals surface area contributed by atoms with Gasteiger partial charge in [0.2, 0.25) is 0 Å². The predicted octanol–water partition coefficient (Wildman–Crippen LogP) is 2.21. The first-order valence-electron chi connectivity index (χ1n) is 5.19. The second kappa shape index (κ2) is 4.45. The first kappa shape index (κ1) is 11.3. The van der Waals surface area contributed by atoms with Crippen LogP contribution in [0.4, 0.5) is 0 Å². The molecule has 0 amide bonds. The molecule has 0 aliphatic rings. The molecule has 0 bridgehead atoms. The number of halogens is 1. The number of fused-ring (bicyclic) bond motifs is 1. The quantitative estimate of drug-likeness (QED) is 0.525. The minimum atomic E-state index is 0.191. The van der Waals surface area contributed by atoms with Crippen molar-refractivity contribution in [3.05, 3.63) is 46.3 Å². The van der Waals surface area contributed by atoms with Crippen LogP contribution in [0.1, 0.15) is 10.6 Å². The number of rotatable bonds is 2. The average molecular weight is 350 g/mol. The molecule has 3 aromatic rings. The smallest absolute Gasteiger partial charge is 0.193 e. The number of imidazole rings is 1. The number of carbonyl (C=O) groups is 1. The summed E-state index contributed by atoms with van der Waals surface area (Å²) in [5.41, 5.74) is 2.55. The number of hydrogen-bond acceptors (Lipinski definition) is 4. The molecule has 0 spiro atoms. The van der Waals surface area contributed by atoms with Crippen LogP contribution in [0.5, 0.6) is 0 Å². The molecule has 0 fully saturated rings. The Morgan fingerprint density at radius 2 is 2.17 bits per heavy atom. The first-order chi connectivity index (χ1) is 8.78. The van der Waals surface area contributed by atoms with Crippen molar-refractivity contribution >= 4 is 34.5 Å². The third kappa shape index (κ3) is 1.88. The number of nitrogens with zero attached hydrogens (tertiary/aromatic N) is 4. The molecule has 0 N–H and O–H groups in total. The van der Waals surface area contributed by atoms with E-state index < -0.39 is 0 Å². The van der Waals surface area contributed by atoms with Gasteiger partial charge in [0.05, 0.1) is 9.26 Å². The van der Waals surface area contributed by atoms with Gasteiger partial charge in [-0.25, -0.2) is 15.0 Å². The van der Waals surface area contributed by atoms with E-state index in [2.05, 4.69) is 37.5 Å². The van der Waals surface area contributed by atoms with E-state index in [-0.39, 0.29) is 5.82 Å². The lowest BCUT2D eigenvalue weighted by molar-refractivity contribution is 0.111. The fourth-order valence-corrected chi connectivity index (χ4v) is 2.27. The molecule has 0 aliphatic heterocycles. The highest BCUT2D eigenvalue weighted by molar-refractivity contribution is 14.1. The van der Waals surface area contributed by atoms with Crippen LogP contribution in [0.25, 0.3) is 16.9 Å². The summed E-state index contributed by atoms with van der Waals surface area (Å²) in [7, 11) is 0. The molecule has 3 heterocycles. The standard InChI is InChI=1S/C12H7IN4O/c13-9-5-15-10(7-18)16-12(9)8-1-2-11-14-3-4-17(11)6-8/h1-7H. The zero-order chi connectivity index (χ0) is 12.5. The summed E-state index contributed by atoms with van der Waals surface area (Å²) in [6, 6.07) is 3.84. The minimum absolute atomic E-state index is 0.191. The molecule has 3 aromatic heterocycles. The zero-order valence-corrected chi connectivity index (χ0v) is 11.3. The lowest BCUT2D eigenvalue weighted by Gasteiger charge is -2.04. The molecule has 0 atom stereocenters. The molecule has 6 heteroatoms. The molecule has 3 rings (SSSR count). The molecule has 0 radical (unpaired) electrons. The van der Waals surface area contributed by atoms with Gasteiger partial charge >= 0.3 is 0 Å². The molecule has 0 saturated carbocycles. The zero-order valence-electron chi connectivity index (χ0n) is 9.12. The summed E-state index contributed by atoms with van der Waals surface area (Å²) in [5, 5.41) is 0. The number of aromatic nitrogens is 4. The molecular weight excluding hydrogens is 343 g/mol. The molecule has 0 saturated heterocycles. The maximum Gasteiger partial charge on any atom is 0.193 e. The summed E-state index contributed by atoms with van der Waals surface area (Å²) in [6.45, 7) is 0. The van der Waals surface area contributed by atoms with Crippen molar-refractivity contribution in [2.24, 2.45) is 0 Å². The summed E-state index contributed by atoms with van der Waals surface area (Å²) in [6.07, 6.45) is 7.83. The van der Waals surface area contributed by atoms with Gasteiger partial charge in [0.1, 0.15) is 5.65 Å². The van der Waals surface area contributed by atoms with Crippen LogP contribution in [-0.4, -0.2) is 25.6 Å². The lowest BCUT2D eigenvalue weighted by atomic mass is 10.2. The van der Waals surface area contributed by atoms with E-state index in [1.54, 1.807) is 12.4 Å². The van der Waals surface area contributed by atoms with Gasteiger partial charge in [0, 0.05) is 30.4 Å². The highest BCUT2D eigenvalue weighted by atomic mass is 127. The van der Waals surface area contributed by atoms with Gasteiger partial charge in [-0.1, -0.05) is 0 Å². The van der Waals surface area contributed by atoms with Gasteiger partial charge in [0.25, 0.3) is 0 Å². The molecule has 5 nitrogen and oxygen atoms in total. The molecule has 0 aromatic carbocycles. The van der Waals surface area contributed by atoms with E-state index in [0.29, 0.717) is 6.29 Å². The average Bonchev–Trinajstić information content (AvgIpc) is 2.86. The summed E-state index contributed by atoms with van der Waals surface area (Å²) in [4.78, 5) is 23.1.